The summed E-state index contributed by atoms with van der Waals surface area (Å²) in [6.07, 6.45) is 1.68. The van der Waals surface area contributed by atoms with Gasteiger partial charge in [0.25, 0.3) is 0 Å². The van der Waals surface area contributed by atoms with Crippen LogP contribution in [-0.4, -0.2) is 42.9 Å². The van der Waals surface area contributed by atoms with Gasteiger partial charge in [0.05, 0.1) is 13.1 Å². The number of nitrogens with one attached hydrogen (secondary N) is 2. The molecule has 2 aromatic rings. The fourth-order valence-corrected chi connectivity index (χ4v) is 2.89. The summed E-state index contributed by atoms with van der Waals surface area (Å²) in [7, 11) is 0. The van der Waals surface area contributed by atoms with Crippen molar-refractivity contribution in [3.8, 4) is 0 Å². The molecule has 0 unspecified atom stereocenters. The van der Waals surface area contributed by atoms with E-state index in [1.54, 1.807) is 0 Å². The highest BCUT2D eigenvalue weighted by Crippen LogP contribution is 2.12. The Morgan fingerprint density at radius 2 is 1.59 bits per heavy atom. The van der Waals surface area contributed by atoms with Gasteiger partial charge in [-0.25, -0.2) is 0 Å². The maximum atomic E-state index is 12.3. The van der Waals surface area contributed by atoms with E-state index in [0.717, 1.165) is 24.1 Å². The molecule has 0 aliphatic rings. The van der Waals surface area contributed by atoms with Crippen LogP contribution in [0.1, 0.15) is 24.5 Å². The smallest absolute Gasteiger partial charge is 0.238 e. The third-order valence-electron chi connectivity index (χ3n) is 4.27. The molecule has 2 aromatic carbocycles. The largest absolute Gasteiger partial charge is 0.355 e. The zero-order valence-electron chi connectivity index (χ0n) is 16.2. The molecule has 0 aliphatic carbocycles. The number of amides is 2. The maximum absolute atomic E-state index is 12.3. The van der Waals surface area contributed by atoms with Gasteiger partial charge < -0.3 is 10.6 Å². The van der Waals surface area contributed by atoms with Crippen LogP contribution in [0.2, 0.25) is 0 Å². The Hall–Kier alpha value is -2.66. The monoisotopic (exact) mass is 367 g/mol. The fourth-order valence-electron chi connectivity index (χ4n) is 2.89. The summed E-state index contributed by atoms with van der Waals surface area (Å²) in [4.78, 5) is 26.5. The van der Waals surface area contributed by atoms with Gasteiger partial charge in [-0.15, -0.1) is 0 Å². The van der Waals surface area contributed by atoms with Gasteiger partial charge in [-0.3, -0.25) is 14.5 Å². The van der Waals surface area contributed by atoms with E-state index < -0.39 is 0 Å². The van der Waals surface area contributed by atoms with Crippen LogP contribution in [0.25, 0.3) is 0 Å². The van der Waals surface area contributed by atoms with Gasteiger partial charge in [0, 0.05) is 12.2 Å². The molecule has 0 fully saturated rings. The second-order valence-electron chi connectivity index (χ2n) is 6.66. The number of aryl methyl sites for hydroxylation is 1. The van der Waals surface area contributed by atoms with Crippen molar-refractivity contribution in [3.63, 3.8) is 0 Å². The van der Waals surface area contributed by atoms with Crippen molar-refractivity contribution in [3.05, 3.63) is 65.7 Å². The molecule has 0 radical (unpaired) electrons. The second-order valence-corrected chi connectivity index (χ2v) is 6.66. The summed E-state index contributed by atoms with van der Waals surface area (Å²) in [6, 6.07) is 17.7. The van der Waals surface area contributed by atoms with Gasteiger partial charge in [-0.05, 0) is 43.5 Å². The summed E-state index contributed by atoms with van der Waals surface area (Å²) in [5, 5.41) is 5.86. The van der Waals surface area contributed by atoms with Crippen LogP contribution in [-0.2, 0) is 16.0 Å². The van der Waals surface area contributed by atoms with Crippen molar-refractivity contribution >= 4 is 17.5 Å². The highest BCUT2D eigenvalue weighted by atomic mass is 16.2. The van der Waals surface area contributed by atoms with Gasteiger partial charge in [0.15, 0.2) is 0 Å². The SMILES string of the molecule is CCCN(CC(=O)NCCc1ccccc1)CC(=O)Nc1ccccc1C. The van der Waals surface area contributed by atoms with E-state index in [2.05, 4.69) is 10.6 Å². The van der Waals surface area contributed by atoms with Crippen molar-refractivity contribution in [2.24, 2.45) is 0 Å². The van der Waals surface area contributed by atoms with Gasteiger partial charge in [0.1, 0.15) is 0 Å². The van der Waals surface area contributed by atoms with E-state index in [0.29, 0.717) is 13.1 Å². The Morgan fingerprint density at radius 3 is 2.30 bits per heavy atom. The highest BCUT2D eigenvalue weighted by molar-refractivity contribution is 5.93. The molecule has 0 bridgehead atoms. The molecule has 27 heavy (non-hydrogen) atoms. The third-order valence-corrected chi connectivity index (χ3v) is 4.27. The molecule has 0 aliphatic heterocycles. The summed E-state index contributed by atoms with van der Waals surface area (Å²) in [5.41, 5.74) is 3.03. The number of benzene rings is 2. The Bertz CT molecular complexity index is 731. The minimum Gasteiger partial charge on any atom is -0.355 e. The van der Waals surface area contributed by atoms with E-state index in [9.17, 15) is 9.59 Å². The zero-order valence-corrected chi connectivity index (χ0v) is 16.2. The van der Waals surface area contributed by atoms with E-state index in [-0.39, 0.29) is 24.9 Å². The first kappa shape index (κ1) is 20.6. The number of carbonyl (C=O) groups excluding carboxylic acids is 2. The summed E-state index contributed by atoms with van der Waals surface area (Å²) in [6.45, 7) is 5.72. The number of anilines is 1. The van der Waals surface area contributed by atoms with Crippen LogP contribution < -0.4 is 10.6 Å². The average Bonchev–Trinajstić information content (AvgIpc) is 2.64. The van der Waals surface area contributed by atoms with Crippen LogP contribution in [0.3, 0.4) is 0 Å². The van der Waals surface area contributed by atoms with Crippen LogP contribution in [0.4, 0.5) is 5.69 Å². The maximum Gasteiger partial charge on any atom is 0.238 e. The van der Waals surface area contributed by atoms with E-state index in [1.807, 2.05) is 73.3 Å². The molecule has 144 valence electrons. The predicted octanol–water partition coefficient (Wildman–Crippen LogP) is 3.00. The third kappa shape index (κ3) is 7.62. The summed E-state index contributed by atoms with van der Waals surface area (Å²) >= 11 is 0. The molecule has 2 N–H and O–H groups in total. The van der Waals surface area contributed by atoms with Gasteiger partial charge in [0.2, 0.25) is 11.8 Å². The van der Waals surface area contributed by atoms with Gasteiger partial charge >= 0.3 is 0 Å². The van der Waals surface area contributed by atoms with Crippen molar-refractivity contribution in [1.29, 1.82) is 0 Å². The number of carbonyl (C=O) groups is 2. The average molecular weight is 367 g/mol. The normalized spacial score (nSPS) is 10.6. The predicted molar refractivity (Wildman–Crippen MR) is 110 cm³/mol. The molecule has 2 amide bonds. The van der Waals surface area contributed by atoms with Crippen molar-refractivity contribution < 1.29 is 9.59 Å². The lowest BCUT2D eigenvalue weighted by Crippen LogP contribution is -2.42. The molecule has 2 rings (SSSR count). The van der Waals surface area contributed by atoms with Crippen molar-refractivity contribution in [1.82, 2.24) is 10.2 Å². The second kappa shape index (κ2) is 11.1. The first-order valence-electron chi connectivity index (χ1n) is 9.47. The van der Waals surface area contributed by atoms with Crippen molar-refractivity contribution in [2.75, 3.05) is 31.5 Å². The lowest BCUT2D eigenvalue weighted by molar-refractivity contribution is -0.123. The molecular weight excluding hydrogens is 338 g/mol. The standard InChI is InChI=1S/C22H29N3O2/c1-3-15-25(17-22(27)24-20-12-8-7-9-18(20)2)16-21(26)23-14-13-19-10-5-4-6-11-19/h4-12H,3,13-17H2,1-2H3,(H,23,26)(H,24,27). The number of rotatable bonds is 10. The van der Waals surface area contributed by atoms with Crippen molar-refractivity contribution in [2.45, 2.75) is 26.7 Å². The molecule has 0 saturated carbocycles. The topological polar surface area (TPSA) is 61.4 Å². The Morgan fingerprint density at radius 1 is 0.926 bits per heavy atom. The number of nitrogens with zero attached hydrogens (tertiary/aromatic N) is 1. The Labute approximate surface area is 161 Å². The minimum absolute atomic E-state index is 0.0527. The number of hydrogen-bond acceptors (Lipinski definition) is 3. The summed E-state index contributed by atoms with van der Waals surface area (Å²) < 4.78 is 0. The lowest BCUT2D eigenvalue weighted by Gasteiger charge is -2.21. The quantitative estimate of drug-likeness (QED) is 0.679. The zero-order chi connectivity index (χ0) is 19.5. The first-order chi connectivity index (χ1) is 13.1. The van der Waals surface area contributed by atoms with E-state index >= 15 is 0 Å². The Kier molecular flexibility index (Phi) is 8.52. The Balaban J connectivity index is 1.78. The van der Waals surface area contributed by atoms with Crippen LogP contribution >= 0.6 is 0 Å². The molecule has 0 saturated heterocycles. The number of para-hydroxylation sites is 1. The van der Waals surface area contributed by atoms with Gasteiger partial charge in [-0.1, -0.05) is 55.5 Å². The van der Waals surface area contributed by atoms with Crippen LogP contribution in [0.15, 0.2) is 54.6 Å². The molecule has 5 heteroatoms. The highest BCUT2D eigenvalue weighted by Gasteiger charge is 2.14. The van der Waals surface area contributed by atoms with Crippen LogP contribution in [0.5, 0.6) is 0 Å². The fraction of sp³-hybridized carbons (Fsp3) is 0.364. The lowest BCUT2D eigenvalue weighted by atomic mass is 10.1. The van der Waals surface area contributed by atoms with Gasteiger partial charge in [-0.2, -0.15) is 0 Å². The first-order valence-corrected chi connectivity index (χ1v) is 9.47. The minimum atomic E-state index is -0.102. The molecule has 0 spiro atoms. The van der Waals surface area contributed by atoms with Crippen LogP contribution in [0, 0.1) is 6.92 Å². The number of hydrogen-bond donors (Lipinski definition) is 2. The molecular formula is C22H29N3O2. The molecule has 0 heterocycles. The summed E-state index contributed by atoms with van der Waals surface area (Å²) in [5.74, 6) is -0.155. The molecule has 0 atom stereocenters. The van der Waals surface area contributed by atoms with E-state index in [4.69, 9.17) is 0 Å². The molecule has 0 aromatic heterocycles. The molecule has 5 nitrogen and oxygen atoms in total. The van der Waals surface area contributed by atoms with E-state index in [1.165, 1.54) is 5.56 Å².